The van der Waals surface area contributed by atoms with Crippen LogP contribution in [0.1, 0.15) is 53.0 Å². The summed E-state index contributed by atoms with van der Waals surface area (Å²) in [4.78, 5) is 26.3. The zero-order valence-electron chi connectivity index (χ0n) is 14.8. The van der Waals surface area contributed by atoms with E-state index in [9.17, 15) is 9.59 Å². The Balaban J connectivity index is 1.64. The lowest BCUT2D eigenvalue weighted by Gasteiger charge is -2.20. The maximum atomic E-state index is 12.4. The standard InChI is InChI=1S/C21H24N2O2/c1-15-5-4-12-23(15)14-17-8-10-18(11-9-17)21(25)22-20-7-3-6-19(13-20)16(2)24/h3,6-11,13,15H,4-5,12,14H2,1-2H3,(H,22,25)/t15-/m0/s1. The predicted molar refractivity (Wildman–Crippen MR) is 99.9 cm³/mol. The molecule has 2 aromatic carbocycles. The molecule has 4 nitrogen and oxygen atoms in total. The van der Waals surface area contributed by atoms with Crippen molar-refractivity contribution in [3.8, 4) is 0 Å². The van der Waals surface area contributed by atoms with E-state index in [4.69, 9.17) is 0 Å². The van der Waals surface area contributed by atoms with Gasteiger partial charge in [0.2, 0.25) is 0 Å². The second-order valence-corrected chi connectivity index (χ2v) is 6.75. The van der Waals surface area contributed by atoms with Crippen molar-refractivity contribution in [1.82, 2.24) is 4.90 Å². The number of amides is 1. The van der Waals surface area contributed by atoms with E-state index in [1.54, 1.807) is 24.3 Å². The van der Waals surface area contributed by atoms with Crippen LogP contribution >= 0.6 is 0 Å². The molecule has 1 aliphatic rings. The van der Waals surface area contributed by atoms with Crippen LogP contribution in [0.4, 0.5) is 5.69 Å². The maximum Gasteiger partial charge on any atom is 0.255 e. The van der Waals surface area contributed by atoms with Crippen LogP contribution in [0, 0.1) is 0 Å². The second-order valence-electron chi connectivity index (χ2n) is 6.75. The van der Waals surface area contributed by atoms with Crippen LogP contribution in [0.5, 0.6) is 0 Å². The molecule has 0 aliphatic carbocycles. The van der Waals surface area contributed by atoms with Crippen molar-refractivity contribution in [2.75, 3.05) is 11.9 Å². The smallest absolute Gasteiger partial charge is 0.255 e. The first-order valence-corrected chi connectivity index (χ1v) is 8.78. The summed E-state index contributed by atoms with van der Waals surface area (Å²) in [6.07, 6.45) is 2.53. The molecule has 1 heterocycles. The quantitative estimate of drug-likeness (QED) is 0.835. The summed E-state index contributed by atoms with van der Waals surface area (Å²) in [5, 5.41) is 2.85. The molecular formula is C21H24N2O2. The summed E-state index contributed by atoms with van der Waals surface area (Å²) in [5.41, 5.74) is 3.07. The molecule has 1 saturated heterocycles. The van der Waals surface area contributed by atoms with Gasteiger partial charge in [-0.3, -0.25) is 14.5 Å². The van der Waals surface area contributed by atoms with Crippen LogP contribution in [-0.4, -0.2) is 29.2 Å². The second kappa shape index (κ2) is 7.62. The third-order valence-corrected chi connectivity index (χ3v) is 4.82. The average molecular weight is 336 g/mol. The van der Waals surface area contributed by atoms with Gasteiger partial charge in [0.05, 0.1) is 0 Å². The van der Waals surface area contributed by atoms with Crippen molar-refractivity contribution in [2.24, 2.45) is 0 Å². The molecule has 1 N–H and O–H groups in total. The van der Waals surface area contributed by atoms with Crippen molar-refractivity contribution < 1.29 is 9.59 Å². The number of Topliss-reactive ketones (excluding diaryl/α,β-unsaturated/α-hetero) is 1. The minimum Gasteiger partial charge on any atom is -0.322 e. The highest BCUT2D eigenvalue weighted by Gasteiger charge is 2.20. The average Bonchev–Trinajstić information content (AvgIpc) is 3.00. The van der Waals surface area contributed by atoms with E-state index in [1.807, 2.05) is 24.3 Å². The molecule has 25 heavy (non-hydrogen) atoms. The van der Waals surface area contributed by atoms with E-state index >= 15 is 0 Å². The van der Waals surface area contributed by atoms with E-state index in [0.29, 0.717) is 22.9 Å². The Bertz CT molecular complexity index is 768. The highest BCUT2D eigenvalue weighted by Crippen LogP contribution is 2.20. The first-order valence-electron chi connectivity index (χ1n) is 8.78. The van der Waals surface area contributed by atoms with Crippen molar-refractivity contribution in [1.29, 1.82) is 0 Å². The highest BCUT2D eigenvalue weighted by molar-refractivity contribution is 6.05. The van der Waals surface area contributed by atoms with Gasteiger partial charge in [-0.25, -0.2) is 0 Å². The molecule has 0 spiro atoms. The van der Waals surface area contributed by atoms with Gasteiger partial charge in [0, 0.05) is 29.4 Å². The molecule has 1 fully saturated rings. The van der Waals surface area contributed by atoms with Gasteiger partial charge in [0.1, 0.15) is 0 Å². The Morgan fingerprint density at radius 1 is 1.12 bits per heavy atom. The molecule has 130 valence electrons. The van der Waals surface area contributed by atoms with Crippen LogP contribution < -0.4 is 5.32 Å². The van der Waals surface area contributed by atoms with E-state index in [1.165, 1.54) is 25.3 Å². The molecule has 1 aliphatic heterocycles. The molecule has 0 bridgehead atoms. The minimum absolute atomic E-state index is 0.0170. The van der Waals surface area contributed by atoms with Gasteiger partial charge in [0.25, 0.3) is 5.91 Å². The zero-order valence-corrected chi connectivity index (χ0v) is 14.8. The van der Waals surface area contributed by atoms with Gasteiger partial charge < -0.3 is 5.32 Å². The van der Waals surface area contributed by atoms with E-state index in [0.717, 1.165) is 13.1 Å². The SMILES string of the molecule is CC(=O)c1cccc(NC(=O)c2ccc(CN3CCC[C@@H]3C)cc2)c1. The van der Waals surface area contributed by atoms with Crippen molar-refractivity contribution in [3.63, 3.8) is 0 Å². The molecule has 4 heteroatoms. The Labute approximate surface area is 148 Å². The largest absolute Gasteiger partial charge is 0.322 e. The number of carbonyl (C=O) groups excluding carboxylic acids is 2. The van der Waals surface area contributed by atoms with Gasteiger partial charge in [-0.05, 0) is 63.1 Å². The first-order chi connectivity index (χ1) is 12.0. The van der Waals surface area contributed by atoms with Crippen LogP contribution in [0.3, 0.4) is 0 Å². The topological polar surface area (TPSA) is 49.4 Å². The van der Waals surface area contributed by atoms with Gasteiger partial charge >= 0.3 is 0 Å². The van der Waals surface area contributed by atoms with E-state index in [-0.39, 0.29) is 11.7 Å². The fourth-order valence-electron chi connectivity index (χ4n) is 3.24. The molecule has 1 amide bonds. The zero-order chi connectivity index (χ0) is 17.8. The lowest BCUT2D eigenvalue weighted by Crippen LogP contribution is -2.26. The Hall–Kier alpha value is -2.46. The van der Waals surface area contributed by atoms with Gasteiger partial charge in [-0.1, -0.05) is 24.3 Å². The number of hydrogen-bond donors (Lipinski definition) is 1. The number of hydrogen-bond acceptors (Lipinski definition) is 3. The number of ketones is 1. The number of nitrogens with zero attached hydrogens (tertiary/aromatic N) is 1. The summed E-state index contributed by atoms with van der Waals surface area (Å²) >= 11 is 0. The fraction of sp³-hybridized carbons (Fsp3) is 0.333. The number of rotatable bonds is 5. The van der Waals surface area contributed by atoms with Crippen LogP contribution in [0.2, 0.25) is 0 Å². The highest BCUT2D eigenvalue weighted by atomic mass is 16.1. The van der Waals surface area contributed by atoms with Crippen LogP contribution in [0.25, 0.3) is 0 Å². The molecule has 3 rings (SSSR count). The third kappa shape index (κ3) is 4.34. The molecule has 2 aromatic rings. The molecular weight excluding hydrogens is 312 g/mol. The normalized spacial score (nSPS) is 17.4. The number of carbonyl (C=O) groups is 2. The van der Waals surface area contributed by atoms with Crippen LogP contribution in [0.15, 0.2) is 48.5 Å². The van der Waals surface area contributed by atoms with Crippen molar-refractivity contribution in [3.05, 3.63) is 65.2 Å². The molecule has 0 unspecified atom stereocenters. The van der Waals surface area contributed by atoms with Crippen LogP contribution in [-0.2, 0) is 6.54 Å². The lowest BCUT2D eigenvalue weighted by atomic mass is 10.1. The van der Waals surface area contributed by atoms with Gasteiger partial charge in [0.15, 0.2) is 5.78 Å². The van der Waals surface area contributed by atoms with Gasteiger partial charge in [-0.2, -0.15) is 0 Å². The Morgan fingerprint density at radius 3 is 2.52 bits per heavy atom. The van der Waals surface area contributed by atoms with Crippen molar-refractivity contribution in [2.45, 2.75) is 39.3 Å². The predicted octanol–water partition coefficient (Wildman–Crippen LogP) is 4.13. The molecule has 0 aromatic heterocycles. The Morgan fingerprint density at radius 2 is 1.88 bits per heavy atom. The number of likely N-dealkylation sites (tertiary alicyclic amines) is 1. The summed E-state index contributed by atoms with van der Waals surface area (Å²) < 4.78 is 0. The monoisotopic (exact) mass is 336 g/mol. The first kappa shape index (κ1) is 17.4. The van der Waals surface area contributed by atoms with E-state index < -0.39 is 0 Å². The summed E-state index contributed by atoms with van der Waals surface area (Å²) in [7, 11) is 0. The lowest BCUT2D eigenvalue weighted by molar-refractivity contribution is 0.101. The molecule has 0 saturated carbocycles. The van der Waals surface area contributed by atoms with Crippen molar-refractivity contribution >= 4 is 17.4 Å². The summed E-state index contributed by atoms with van der Waals surface area (Å²) in [5.74, 6) is -0.182. The molecule has 1 atom stereocenters. The number of anilines is 1. The third-order valence-electron chi connectivity index (χ3n) is 4.82. The maximum absolute atomic E-state index is 12.4. The van der Waals surface area contributed by atoms with Gasteiger partial charge in [-0.15, -0.1) is 0 Å². The molecule has 0 radical (unpaired) electrons. The summed E-state index contributed by atoms with van der Waals surface area (Å²) in [6, 6.07) is 15.4. The van der Waals surface area contributed by atoms with E-state index in [2.05, 4.69) is 17.1 Å². The number of benzene rings is 2. The number of nitrogens with one attached hydrogen (secondary N) is 1. The Kier molecular flexibility index (Phi) is 5.29. The fourth-order valence-corrected chi connectivity index (χ4v) is 3.24. The minimum atomic E-state index is -0.165. The summed E-state index contributed by atoms with van der Waals surface area (Å²) in [6.45, 7) is 5.87.